The van der Waals surface area contributed by atoms with Crippen LogP contribution in [0.5, 0.6) is 0 Å². The number of hydrogen-bond acceptors (Lipinski definition) is 7. The van der Waals surface area contributed by atoms with Crippen LogP contribution in [0.4, 0.5) is 4.79 Å². The largest absolute Gasteiger partial charge is 0.453 e. The third-order valence-corrected chi connectivity index (χ3v) is 12.3. The molecule has 3 N–H and O–H groups in total. The number of methoxy groups -OCH3 is 1. The van der Waals surface area contributed by atoms with Crippen molar-refractivity contribution < 1.29 is 19.1 Å². The lowest BCUT2D eigenvalue weighted by Gasteiger charge is -2.37. The minimum Gasteiger partial charge on any atom is -0.453 e. The van der Waals surface area contributed by atoms with Crippen molar-refractivity contribution in [2.24, 2.45) is 5.92 Å². The Kier molecular flexibility index (Phi) is 12.1. The molecule has 1 unspecified atom stereocenters. The minimum absolute atomic E-state index is 0.0950. The van der Waals surface area contributed by atoms with Crippen molar-refractivity contribution in [2.45, 2.75) is 84.0 Å². The smallest absolute Gasteiger partial charge is 0.407 e. The monoisotopic (exact) mass is 784 g/mol. The van der Waals surface area contributed by atoms with E-state index in [1.807, 2.05) is 54.2 Å². The molecule has 2 fully saturated rings. The summed E-state index contributed by atoms with van der Waals surface area (Å²) in [5, 5.41) is 2.78. The Bertz CT molecular complexity index is 2180. The van der Waals surface area contributed by atoms with Crippen LogP contribution in [0, 0.1) is 5.92 Å². The molecule has 4 heterocycles. The van der Waals surface area contributed by atoms with Gasteiger partial charge in [-0.25, -0.2) is 14.8 Å². The quantitative estimate of drug-likeness (QED) is 0.109. The molecule has 5 aromatic rings. The summed E-state index contributed by atoms with van der Waals surface area (Å²) < 4.78 is 4.83. The van der Waals surface area contributed by atoms with Gasteiger partial charge in [0.2, 0.25) is 11.8 Å². The zero-order valence-corrected chi connectivity index (χ0v) is 34.5. The Balaban J connectivity index is 1.02. The highest BCUT2D eigenvalue weighted by atomic mass is 16.5. The highest BCUT2D eigenvalue weighted by Crippen LogP contribution is 2.37. The number of hydrogen-bond donors (Lipinski definition) is 3. The Hall–Kier alpha value is -5.75. The zero-order chi connectivity index (χ0) is 41.0. The summed E-state index contributed by atoms with van der Waals surface area (Å²) in [7, 11) is 1.30. The maximum absolute atomic E-state index is 14.2. The molecule has 2 aromatic heterocycles. The van der Waals surface area contributed by atoms with E-state index in [1.165, 1.54) is 7.11 Å². The Morgan fingerprint density at radius 2 is 1.26 bits per heavy atom. The van der Waals surface area contributed by atoms with Crippen LogP contribution in [-0.2, 0) is 14.3 Å². The molecule has 304 valence electrons. The number of imidazole rings is 2. The maximum atomic E-state index is 14.2. The predicted molar refractivity (Wildman–Crippen MR) is 225 cm³/mol. The van der Waals surface area contributed by atoms with Crippen LogP contribution in [0.25, 0.3) is 33.6 Å². The Morgan fingerprint density at radius 1 is 0.776 bits per heavy atom. The number of carbonyl (C=O) groups is 3. The van der Waals surface area contributed by atoms with Crippen molar-refractivity contribution in [1.29, 1.82) is 0 Å². The number of carbonyl (C=O) groups excluding carboxylic acids is 3. The minimum atomic E-state index is -1.11. The van der Waals surface area contributed by atoms with Crippen molar-refractivity contribution in [3.63, 3.8) is 0 Å². The van der Waals surface area contributed by atoms with Gasteiger partial charge in [-0.3, -0.25) is 14.5 Å². The van der Waals surface area contributed by atoms with Gasteiger partial charge >= 0.3 is 6.09 Å². The van der Waals surface area contributed by atoms with Crippen LogP contribution >= 0.6 is 0 Å². The standard InChI is InChI=1S/C46H56N8O4/c1-7-52(8-2)40(35-14-10-9-11-15-35)43(55)53-26-12-16-38(53)41-47-28-36(49-41)33-22-18-31(19-23-33)32-20-24-34(25-21-32)37-29-48-42(50-37)39-17-13-27-54(39)44(56)46(5,30(3)4)51-45(57)58-6/h9-11,14-15,18-25,28-30,38-40H,7-8,12-13,16-17,26-27H2,1-6H3,(H,47,49)(H,48,50)(H,51,57)/t38?,39-,40+,46+/m0/s1. The molecule has 58 heavy (non-hydrogen) atoms. The number of likely N-dealkylation sites (tertiary alicyclic amines) is 2. The van der Waals surface area contributed by atoms with Gasteiger partial charge in [-0.05, 0) is 79.4 Å². The first kappa shape index (κ1) is 40.4. The first-order chi connectivity index (χ1) is 28.1. The number of aromatic nitrogens is 4. The number of alkyl carbamates (subject to hydrolysis) is 1. The fourth-order valence-electron chi connectivity index (χ4n) is 8.50. The first-order valence-electron chi connectivity index (χ1n) is 20.6. The van der Waals surface area contributed by atoms with Crippen molar-refractivity contribution in [1.82, 2.24) is 40.0 Å². The van der Waals surface area contributed by atoms with E-state index in [4.69, 9.17) is 14.7 Å². The van der Waals surface area contributed by atoms with Crippen molar-refractivity contribution >= 4 is 17.9 Å². The van der Waals surface area contributed by atoms with Gasteiger partial charge < -0.3 is 29.8 Å². The second kappa shape index (κ2) is 17.4. The Morgan fingerprint density at radius 3 is 1.74 bits per heavy atom. The number of amides is 3. The summed E-state index contributed by atoms with van der Waals surface area (Å²) >= 11 is 0. The summed E-state index contributed by atoms with van der Waals surface area (Å²) in [6.07, 6.45) is 6.51. The van der Waals surface area contributed by atoms with Crippen LogP contribution in [0.1, 0.15) is 95.6 Å². The molecule has 0 saturated carbocycles. The lowest BCUT2D eigenvalue weighted by molar-refractivity contribution is -0.140. The predicted octanol–water partition coefficient (Wildman–Crippen LogP) is 8.31. The van der Waals surface area contributed by atoms with E-state index in [9.17, 15) is 14.4 Å². The lowest BCUT2D eigenvalue weighted by atomic mass is 9.86. The average Bonchev–Trinajstić information content (AvgIpc) is 4.10. The topological polar surface area (TPSA) is 140 Å². The highest BCUT2D eigenvalue weighted by molar-refractivity contribution is 5.90. The van der Waals surface area contributed by atoms with Gasteiger partial charge in [-0.1, -0.05) is 107 Å². The van der Waals surface area contributed by atoms with E-state index in [-0.39, 0.29) is 35.9 Å². The van der Waals surface area contributed by atoms with Crippen LogP contribution < -0.4 is 5.32 Å². The van der Waals surface area contributed by atoms with Crippen LogP contribution in [0.2, 0.25) is 0 Å². The second-order valence-electron chi connectivity index (χ2n) is 15.9. The molecule has 2 saturated heterocycles. The van der Waals surface area contributed by atoms with Crippen LogP contribution in [0.15, 0.2) is 91.3 Å². The maximum Gasteiger partial charge on any atom is 0.407 e. The Labute approximate surface area is 341 Å². The van der Waals surface area contributed by atoms with Gasteiger partial charge in [-0.15, -0.1) is 0 Å². The van der Waals surface area contributed by atoms with Gasteiger partial charge in [-0.2, -0.15) is 0 Å². The lowest BCUT2D eigenvalue weighted by Crippen LogP contribution is -2.60. The van der Waals surface area contributed by atoms with Gasteiger partial charge in [0.25, 0.3) is 0 Å². The number of aromatic amines is 2. The normalized spacial score (nSPS) is 18.4. The highest BCUT2D eigenvalue weighted by Gasteiger charge is 2.45. The second-order valence-corrected chi connectivity index (χ2v) is 15.9. The summed E-state index contributed by atoms with van der Waals surface area (Å²) in [4.78, 5) is 62.9. The number of rotatable bonds is 13. The molecular formula is C46H56N8O4. The van der Waals surface area contributed by atoms with E-state index in [2.05, 4.69) is 94.7 Å². The molecule has 4 atom stereocenters. The molecule has 0 radical (unpaired) electrons. The summed E-state index contributed by atoms with van der Waals surface area (Å²) in [5.41, 5.74) is 5.89. The van der Waals surface area contributed by atoms with E-state index in [1.54, 1.807) is 6.92 Å². The van der Waals surface area contributed by atoms with Gasteiger partial charge in [0, 0.05) is 13.1 Å². The SMILES string of the molecule is CCN(CC)[C@@H](C(=O)N1CCCC1c1ncc(-c2ccc(-c3ccc(-c4cnc([C@@H]5CCCN5C(=O)[C@](C)(NC(=O)OC)C(C)C)[nH]4)cc3)cc2)[nH]1)c1ccccc1. The van der Waals surface area contributed by atoms with E-state index < -0.39 is 11.6 Å². The number of nitrogens with zero attached hydrogens (tertiary/aromatic N) is 5. The molecule has 0 aliphatic carbocycles. The van der Waals surface area contributed by atoms with Gasteiger partial charge in [0.1, 0.15) is 23.2 Å². The van der Waals surface area contributed by atoms with Gasteiger partial charge in [0.15, 0.2) is 0 Å². The fourth-order valence-corrected chi connectivity index (χ4v) is 8.50. The number of H-pyrrole nitrogens is 2. The molecule has 0 bridgehead atoms. The number of likely N-dealkylation sites (N-methyl/N-ethyl adjacent to an activating group) is 1. The van der Waals surface area contributed by atoms with Crippen molar-refractivity contribution in [3.05, 3.63) is 108 Å². The van der Waals surface area contributed by atoms with Crippen LogP contribution in [-0.4, -0.2) is 91.4 Å². The molecule has 2 aliphatic heterocycles. The van der Waals surface area contributed by atoms with Crippen molar-refractivity contribution in [3.8, 4) is 33.6 Å². The molecule has 3 amide bonds. The van der Waals surface area contributed by atoms with Gasteiger partial charge in [0.05, 0.1) is 43.0 Å². The number of ether oxygens (including phenoxy) is 1. The fraction of sp³-hybridized carbons (Fsp3) is 0.413. The first-order valence-corrected chi connectivity index (χ1v) is 20.6. The summed E-state index contributed by atoms with van der Waals surface area (Å²) in [6, 6.07) is 26.3. The average molecular weight is 785 g/mol. The molecule has 0 spiro atoms. The number of benzene rings is 3. The van der Waals surface area contributed by atoms with Crippen LogP contribution in [0.3, 0.4) is 0 Å². The third-order valence-electron chi connectivity index (χ3n) is 12.3. The molecule has 3 aromatic carbocycles. The molecular weight excluding hydrogens is 729 g/mol. The van der Waals surface area contributed by atoms with E-state index in [0.717, 1.165) is 96.2 Å². The summed E-state index contributed by atoms with van der Waals surface area (Å²) in [5.74, 6) is 1.39. The number of nitrogens with one attached hydrogen (secondary N) is 3. The van der Waals surface area contributed by atoms with Crippen molar-refractivity contribution in [2.75, 3.05) is 33.3 Å². The third kappa shape index (κ3) is 8.02. The summed E-state index contributed by atoms with van der Waals surface area (Å²) in [6.45, 7) is 12.7. The molecule has 12 heteroatoms. The molecule has 12 nitrogen and oxygen atoms in total. The van der Waals surface area contributed by atoms with E-state index >= 15 is 0 Å². The molecule has 7 rings (SSSR count). The van der Waals surface area contributed by atoms with E-state index in [0.29, 0.717) is 6.54 Å². The molecule has 2 aliphatic rings. The zero-order valence-electron chi connectivity index (χ0n) is 34.5.